The quantitative estimate of drug-likeness (QED) is 0.898. The second-order valence-electron chi connectivity index (χ2n) is 5.50. The van der Waals surface area contributed by atoms with Crippen LogP contribution in [0.1, 0.15) is 17.3 Å². The van der Waals surface area contributed by atoms with Gasteiger partial charge in [0.15, 0.2) is 0 Å². The van der Waals surface area contributed by atoms with E-state index in [0.717, 1.165) is 0 Å². The zero-order valence-corrected chi connectivity index (χ0v) is 14.4. The summed E-state index contributed by atoms with van der Waals surface area (Å²) in [4.78, 5) is 24.8. The third-order valence-corrected chi connectivity index (χ3v) is 5.86. The number of fused-ring (bicyclic) bond motifs is 1. The number of rotatable bonds is 4. The number of anilines is 1. The van der Waals surface area contributed by atoms with E-state index >= 15 is 0 Å². The van der Waals surface area contributed by atoms with Crippen molar-refractivity contribution in [2.45, 2.75) is 17.9 Å². The van der Waals surface area contributed by atoms with Crippen LogP contribution in [-0.2, 0) is 14.8 Å². The van der Waals surface area contributed by atoms with Crippen molar-refractivity contribution in [3.8, 4) is 5.75 Å². The van der Waals surface area contributed by atoms with Gasteiger partial charge in [-0.25, -0.2) is 12.7 Å². The summed E-state index contributed by atoms with van der Waals surface area (Å²) in [7, 11) is -2.51. The first kappa shape index (κ1) is 17.0. The molecule has 0 aromatic heterocycles. The van der Waals surface area contributed by atoms with Crippen molar-refractivity contribution in [1.29, 1.82) is 0 Å². The van der Waals surface area contributed by atoms with Crippen LogP contribution in [0.15, 0.2) is 53.4 Å². The molecule has 25 heavy (non-hydrogen) atoms. The Hall–Kier alpha value is -2.87. The van der Waals surface area contributed by atoms with Crippen molar-refractivity contribution in [3.05, 3.63) is 54.1 Å². The first-order chi connectivity index (χ1) is 11.9. The molecule has 1 heterocycles. The molecule has 0 bridgehead atoms. The molecule has 0 spiro atoms. The number of carbonyl (C=O) groups excluding carboxylic acids is 2. The van der Waals surface area contributed by atoms with Gasteiger partial charge in [-0.05, 0) is 43.3 Å². The predicted molar refractivity (Wildman–Crippen MR) is 90.9 cm³/mol. The summed E-state index contributed by atoms with van der Waals surface area (Å²) in [6.07, 6.45) is 0. The van der Waals surface area contributed by atoms with Gasteiger partial charge < -0.3 is 10.1 Å². The fourth-order valence-electron chi connectivity index (χ4n) is 2.61. The van der Waals surface area contributed by atoms with Crippen molar-refractivity contribution < 1.29 is 22.7 Å². The van der Waals surface area contributed by atoms with Gasteiger partial charge in [-0.1, -0.05) is 12.1 Å². The molecule has 8 heteroatoms. The number of methoxy groups -OCH3 is 1. The Balaban J connectivity index is 1.84. The minimum Gasteiger partial charge on any atom is -0.497 e. The van der Waals surface area contributed by atoms with Crippen molar-refractivity contribution in [3.63, 3.8) is 0 Å². The van der Waals surface area contributed by atoms with Crippen molar-refractivity contribution in [2.24, 2.45) is 0 Å². The van der Waals surface area contributed by atoms with Gasteiger partial charge in [0.25, 0.3) is 15.9 Å². The second kappa shape index (κ2) is 6.21. The van der Waals surface area contributed by atoms with Crippen LogP contribution in [0.5, 0.6) is 5.75 Å². The van der Waals surface area contributed by atoms with E-state index in [0.29, 0.717) is 15.7 Å². The maximum atomic E-state index is 12.6. The van der Waals surface area contributed by atoms with E-state index in [1.54, 1.807) is 30.3 Å². The first-order valence-electron chi connectivity index (χ1n) is 7.49. The molecule has 1 N–H and O–H groups in total. The van der Waals surface area contributed by atoms with Gasteiger partial charge in [0.2, 0.25) is 5.91 Å². The number of nitrogens with zero attached hydrogens (tertiary/aromatic N) is 1. The lowest BCUT2D eigenvalue weighted by molar-refractivity contribution is -0.118. The van der Waals surface area contributed by atoms with E-state index in [1.165, 1.54) is 32.2 Å². The minimum absolute atomic E-state index is 0.0756. The average Bonchev–Trinajstić information content (AvgIpc) is 2.81. The second-order valence-corrected chi connectivity index (χ2v) is 7.28. The Morgan fingerprint density at radius 3 is 2.36 bits per heavy atom. The SMILES string of the molecule is COc1ccc(NC(=O)[C@@H](C)N2C(=O)c3ccccc3S2(=O)=O)cc1. The van der Waals surface area contributed by atoms with Crippen LogP contribution >= 0.6 is 0 Å². The zero-order chi connectivity index (χ0) is 18.2. The summed E-state index contributed by atoms with van der Waals surface area (Å²) in [6, 6.07) is 11.3. The molecule has 130 valence electrons. The third kappa shape index (κ3) is 2.85. The van der Waals surface area contributed by atoms with Gasteiger partial charge in [-0.3, -0.25) is 9.59 Å². The van der Waals surface area contributed by atoms with Crippen LogP contribution in [0.4, 0.5) is 5.69 Å². The molecule has 2 aromatic rings. The first-order valence-corrected chi connectivity index (χ1v) is 8.93. The predicted octanol–water partition coefficient (Wildman–Crippen LogP) is 1.87. The minimum atomic E-state index is -4.04. The Bertz CT molecular complexity index is 938. The lowest BCUT2D eigenvalue weighted by Gasteiger charge is -2.22. The van der Waals surface area contributed by atoms with Gasteiger partial charge in [0, 0.05) is 5.69 Å². The molecule has 0 fully saturated rings. The Morgan fingerprint density at radius 2 is 1.76 bits per heavy atom. The Kier molecular flexibility index (Phi) is 4.22. The van der Waals surface area contributed by atoms with Crippen LogP contribution in [0.25, 0.3) is 0 Å². The number of carbonyl (C=O) groups is 2. The van der Waals surface area contributed by atoms with Crippen LogP contribution in [0.3, 0.4) is 0 Å². The molecule has 1 atom stereocenters. The standard InChI is InChI=1S/C17H16N2O5S/c1-11(16(20)18-12-7-9-13(24-2)10-8-12)19-17(21)14-5-3-4-6-15(14)25(19,22)23/h3-11H,1-2H3,(H,18,20)/t11-/m1/s1. The van der Waals surface area contributed by atoms with Gasteiger partial charge in [-0.15, -0.1) is 0 Å². The molecule has 3 rings (SSSR count). The van der Waals surface area contributed by atoms with Crippen molar-refractivity contribution in [1.82, 2.24) is 4.31 Å². The molecule has 7 nitrogen and oxygen atoms in total. The van der Waals surface area contributed by atoms with E-state index in [1.807, 2.05) is 0 Å². The Morgan fingerprint density at radius 1 is 1.12 bits per heavy atom. The number of hydrogen-bond donors (Lipinski definition) is 1. The molecule has 0 saturated carbocycles. The number of hydrogen-bond acceptors (Lipinski definition) is 5. The highest BCUT2D eigenvalue weighted by molar-refractivity contribution is 7.90. The number of benzene rings is 2. The summed E-state index contributed by atoms with van der Waals surface area (Å²) < 4.78 is 30.8. The fourth-order valence-corrected chi connectivity index (χ4v) is 4.34. The van der Waals surface area contributed by atoms with Crippen LogP contribution in [0.2, 0.25) is 0 Å². The normalized spacial score (nSPS) is 16.2. The highest BCUT2D eigenvalue weighted by atomic mass is 32.2. The molecule has 1 aliphatic rings. The largest absolute Gasteiger partial charge is 0.497 e. The highest BCUT2D eigenvalue weighted by Crippen LogP contribution is 2.31. The molecule has 0 saturated heterocycles. The Labute approximate surface area is 145 Å². The highest BCUT2D eigenvalue weighted by Gasteiger charge is 2.45. The van der Waals surface area contributed by atoms with Crippen molar-refractivity contribution >= 4 is 27.5 Å². The lowest BCUT2D eigenvalue weighted by atomic mass is 10.2. The average molecular weight is 360 g/mol. The fraction of sp³-hybridized carbons (Fsp3) is 0.176. The number of amides is 2. The van der Waals surface area contributed by atoms with E-state index in [-0.39, 0.29) is 10.5 Å². The topological polar surface area (TPSA) is 92.8 Å². The summed E-state index contributed by atoms with van der Waals surface area (Å²) in [5.41, 5.74) is 0.547. The molecule has 1 aliphatic heterocycles. The third-order valence-electron chi connectivity index (χ3n) is 3.94. The molecular formula is C17H16N2O5S. The number of ether oxygens (including phenoxy) is 1. The summed E-state index contributed by atoms with van der Waals surface area (Å²) in [5.74, 6) is -0.679. The molecule has 2 aromatic carbocycles. The van der Waals surface area contributed by atoms with Crippen LogP contribution in [-0.4, -0.2) is 37.7 Å². The van der Waals surface area contributed by atoms with Gasteiger partial charge in [0.05, 0.1) is 12.7 Å². The van der Waals surface area contributed by atoms with Crippen LogP contribution < -0.4 is 10.1 Å². The molecule has 2 amide bonds. The maximum absolute atomic E-state index is 12.6. The monoisotopic (exact) mass is 360 g/mol. The van der Waals surface area contributed by atoms with Gasteiger partial charge in [0.1, 0.15) is 16.7 Å². The molecular weight excluding hydrogens is 344 g/mol. The maximum Gasteiger partial charge on any atom is 0.269 e. The van der Waals surface area contributed by atoms with E-state index in [4.69, 9.17) is 4.74 Å². The molecule has 0 unspecified atom stereocenters. The summed E-state index contributed by atoms with van der Waals surface area (Å²) in [6.45, 7) is 1.38. The smallest absolute Gasteiger partial charge is 0.269 e. The summed E-state index contributed by atoms with van der Waals surface area (Å²) in [5, 5.41) is 2.60. The molecule has 0 aliphatic carbocycles. The zero-order valence-electron chi connectivity index (χ0n) is 13.6. The summed E-state index contributed by atoms with van der Waals surface area (Å²) >= 11 is 0. The van der Waals surface area contributed by atoms with Crippen LogP contribution in [0, 0.1) is 0 Å². The van der Waals surface area contributed by atoms with E-state index in [9.17, 15) is 18.0 Å². The van der Waals surface area contributed by atoms with Gasteiger partial charge in [-0.2, -0.15) is 0 Å². The number of nitrogens with one attached hydrogen (secondary N) is 1. The van der Waals surface area contributed by atoms with E-state index < -0.39 is 27.9 Å². The number of sulfonamides is 1. The molecule has 0 radical (unpaired) electrons. The van der Waals surface area contributed by atoms with E-state index in [2.05, 4.69) is 5.32 Å². The van der Waals surface area contributed by atoms with Gasteiger partial charge >= 0.3 is 0 Å². The van der Waals surface area contributed by atoms with Crippen molar-refractivity contribution in [2.75, 3.05) is 12.4 Å². The lowest BCUT2D eigenvalue weighted by Crippen LogP contribution is -2.45.